The number of halogens is 1. The van der Waals surface area contributed by atoms with Gasteiger partial charge in [-0.2, -0.15) is 5.10 Å². The van der Waals surface area contributed by atoms with Crippen molar-refractivity contribution in [3.63, 3.8) is 0 Å². The average molecular weight is 520 g/mol. The molecule has 0 spiro atoms. The van der Waals surface area contributed by atoms with Crippen LogP contribution in [-0.4, -0.2) is 20.5 Å². The number of thiophene rings is 1. The van der Waals surface area contributed by atoms with Crippen molar-refractivity contribution in [2.45, 2.75) is 4.21 Å². The quantitative estimate of drug-likeness (QED) is 0.157. The van der Waals surface area contributed by atoms with Crippen LogP contribution in [0.1, 0.15) is 15.9 Å². The average Bonchev–Trinajstić information content (AvgIpc) is 3.42. The molecule has 5 rings (SSSR count). The van der Waals surface area contributed by atoms with E-state index < -0.39 is 15.9 Å². The van der Waals surface area contributed by atoms with Gasteiger partial charge >= 0.3 is 0 Å². The van der Waals surface area contributed by atoms with E-state index in [1.165, 1.54) is 18.2 Å². The predicted octanol–water partition coefficient (Wildman–Crippen LogP) is 6.27. The van der Waals surface area contributed by atoms with Gasteiger partial charge in [0.1, 0.15) is 4.21 Å². The summed E-state index contributed by atoms with van der Waals surface area (Å²) in [4.78, 5) is 12.9. The summed E-state index contributed by atoms with van der Waals surface area (Å²) in [5.41, 5.74) is 3.64. The number of fused-ring (bicyclic) bond motifs is 2. The molecule has 0 bridgehead atoms. The Morgan fingerprint density at radius 3 is 2.06 bits per heavy atom. The summed E-state index contributed by atoms with van der Waals surface area (Å²) in [5, 5.41) is 10.1. The van der Waals surface area contributed by atoms with Crippen molar-refractivity contribution in [3.05, 3.63) is 106 Å². The number of rotatable bonds is 6. The number of para-hydroxylation sites is 1. The fraction of sp³-hybridized carbons (Fsp3) is 0. The second-order valence-electron chi connectivity index (χ2n) is 7.60. The van der Waals surface area contributed by atoms with E-state index in [4.69, 9.17) is 11.6 Å². The maximum absolute atomic E-state index is 12.9. The molecule has 0 aliphatic rings. The van der Waals surface area contributed by atoms with Gasteiger partial charge in [0.2, 0.25) is 0 Å². The van der Waals surface area contributed by atoms with Crippen molar-refractivity contribution in [3.8, 4) is 0 Å². The molecule has 0 unspecified atom stereocenters. The van der Waals surface area contributed by atoms with Crippen LogP contribution in [0, 0.1) is 0 Å². The highest BCUT2D eigenvalue weighted by Gasteiger charge is 2.19. The molecule has 1 aromatic heterocycles. The number of nitrogens with zero attached hydrogens (tertiary/aromatic N) is 1. The van der Waals surface area contributed by atoms with Crippen LogP contribution < -0.4 is 10.1 Å². The third-order valence-corrected chi connectivity index (χ3v) is 8.61. The summed E-state index contributed by atoms with van der Waals surface area (Å²) < 4.78 is 27.9. The van der Waals surface area contributed by atoms with E-state index in [0.717, 1.165) is 38.4 Å². The lowest BCUT2D eigenvalue weighted by Gasteiger charge is -2.11. The van der Waals surface area contributed by atoms with Crippen LogP contribution in [0.25, 0.3) is 21.5 Å². The number of benzene rings is 4. The van der Waals surface area contributed by atoms with Crippen LogP contribution in [0.5, 0.6) is 0 Å². The molecule has 6 nitrogen and oxygen atoms in total. The van der Waals surface area contributed by atoms with Gasteiger partial charge < -0.3 is 0 Å². The Morgan fingerprint density at radius 2 is 1.43 bits per heavy atom. The number of carbonyl (C=O) groups excluding carboxylic acids is 1. The van der Waals surface area contributed by atoms with E-state index >= 15 is 0 Å². The minimum atomic E-state index is -3.80. The zero-order valence-electron chi connectivity index (χ0n) is 18.1. The lowest BCUT2D eigenvalue weighted by molar-refractivity contribution is 0.0956. The van der Waals surface area contributed by atoms with E-state index in [-0.39, 0.29) is 15.5 Å². The highest BCUT2D eigenvalue weighted by atomic mass is 35.5. The Labute approximate surface area is 210 Å². The summed E-state index contributed by atoms with van der Waals surface area (Å²) in [6.45, 7) is 0. The van der Waals surface area contributed by atoms with Gasteiger partial charge in [-0.3, -0.25) is 9.52 Å². The third-order valence-electron chi connectivity index (χ3n) is 5.44. The molecule has 4 aromatic carbocycles. The molecule has 9 heteroatoms. The standard InChI is InChI=1S/C26H18ClN3O3S2/c27-25-19-10-3-1-8-17(19)22(18-9-2-4-11-20(18)25)16-28-29-26(31)21-12-5-6-13-23(21)30-35(32,33)24-14-7-15-34-24/h1-16,30H,(H,29,31)/b28-16+. The minimum Gasteiger partial charge on any atom is -0.278 e. The van der Waals surface area contributed by atoms with Gasteiger partial charge in [-0.1, -0.05) is 78.3 Å². The predicted molar refractivity (Wildman–Crippen MR) is 143 cm³/mol. The van der Waals surface area contributed by atoms with E-state index in [1.54, 1.807) is 29.8 Å². The maximum Gasteiger partial charge on any atom is 0.273 e. The second-order valence-corrected chi connectivity index (χ2v) is 10.8. The first kappa shape index (κ1) is 23.0. The van der Waals surface area contributed by atoms with Crippen LogP contribution in [0.4, 0.5) is 5.69 Å². The molecule has 0 atom stereocenters. The summed E-state index contributed by atoms with van der Waals surface area (Å²) in [6, 6.07) is 25.0. The van der Waals surface area contributed by atoms with Crippen molar-refractivity contribution in [2.75, 3.05) is 4.72 Å². The molecule has 174 valence electrons. The molecule has 5 aromatic rings. The molecule has 0 aliphatic heterocycles. The largest absolute Gasteiger partial charge is 0.278 e. The molecule has 1 amide bonds. The van der Waals surface area contributed by atoms with Crippen molar-refractivity contribution >= 4 is 72.3 Å². The molecule has 0 saturated carbocycles. The Morgan fingerprint density at radius 1 is 0.829 bits per heavy atom. The fourth-order valence-corrected chi connectivity index (χ4v) is 6.25. The molecular weight excluding hydrogens is 502 g/mol. The first-order valence-electron chi connectivity index (χ1n) is 10.5. The Kier molecular flexibility index (Phi) is 6.25. The van der Waals surface area contributed by atoms with Crippen molar-refractivity contribution < 1.29 is 13.2 Å². The first-order chi connectivity index (χ1) is 17.0. The Bertz CT molecular complexity index is 1640. The van der Waals surface area contributed by atoms with Gasteiger partial charge in [-0.05, 0) is 34.4 Å². The fourth-order valence-electron chi connectivity index (χ4n) is 3.85. The molecule has 0 aliphatic carbocycles. The second kappa shape index (κ2) is 9.50. The van der Waals surface area contributed by atoms with Gasteiger partial charge in [0, 0.05) is 16.3 Å². The summed E-state index contributed by atoms with van der Waals surface area (Å²) >= 11 is 7.74. The van der Waals surface area contributed by atoms with Gasteiger partial charge in [0.25, 0.3) is 15.9 Å². The van der Waals surface area contributed by atoms with Crippen LogP contribution in [0.15, 0.2) is 99.6 Å². The SMILES string of the molecule is O=C(N/N=C/c1c2ccccc2c(Cl)c2ccccc12)c1ccccc1NS(=O)(=O)c1cccs1. The van der Waals surface area contributed by atoms with Crippen molar-refractivity contribution in [1.82, 2.24) is 5.43 Å². The Balaban J connectivity index is 1.46. The number of hydrazone groups is 1. The van der Waals surface area contributed by atoms with Crippen molar-refractivity contribution in [2.24, 2.45) is 5.10 Å². The van der Waals surface area contributed by atoms with Crippen LogP contribution in [0.2, 0.25) is 5.02 Å². The molecule has 1 heterocycles. The van der Waals surface area contributed by atoms with Crippen LogP contribution in [-0.2, 0) is 10.0 Å². The third kappa shape index (κ3) is 4.51. The lowest BCUT2D eigenvalue weighted by atomic mass is 9.97. The lowest BCUT2D eigenvalue weighted by Crippen LogP contribution is -2.21. The monoisotopic (exact) mass is 519 g/mol. The minimum absolute atomic E-state index is 0.149. The number of anilines is 1. The van der Waals surface area contributed by atoms with Gasteiger partial charge in [-0.15, -0.1) is 11.3 Å². The van der Waals surface area contributed by atoms with Crippen LogP contribution in [0.3, 0.4) is 0 Å². The number of hydrogen-bond acceptors (Lipinski definition) is 5. The van der Waals surface area contributed by atoms with E-state index in [1.807, 2.05) is 48.5 Å². The zero-order valence-corrected chi connectivity index (χ0v) is 20.5. The number of hydrogen-bond donors (Lipinski definition) is 2. The molecule has 2 N–H and O–H groups in total. The topological polar surface area (TPSA) is 87.6 Å². The van der Waals surface area contributed by atoms with Gasteiger partial charge in [0.15, 0.2) is 0 Å². The molecule has 0 saturated heterocycles. The first-order valence-corrected chi connectivity index (χ1v) is 13.3. The molecule has 0 radical (unpaired) electrons. The summed E-state index contributed by atoms with van der Waals surface area (Å²) in [7, 11) is -3.80. The molecule has 0 fully saturated rings. The number of sulfonamides is 1. The van der Waals surface area contributed by atoms with Crippen molar-refractivity contribution in [1.29, 1.82) is 0 Å². The number of amides is 1. The van der Waals surface area contributed by atoms with E-state index in [0.29, 0.717) is 5.02 Å². The highest BCUT2D eigenvalue weighted by Crippen LogP contribution is 2.35. The summed E-state index contributed by atoms with van der Waals surface area (Å²) in [6.07, 6.45) is 1.58. The molecular formula is C26H18ClN3O3S2. The Hall–Kier alpha value is -3.72. The van der Waals surface area contributed by atoms with Gasteiger partial charge in [0.05, 0.1) is 22.5 Å². The smallest absolute Gasteiger partial charge is 0.273 e. The summed E-state index contributed by atoms with van der Waals surface area (Å²) in [5.74, 6) is -0.548. The van der Waals surface area contributed by atoms with E-state index in [2.05, 4.69) is 15.2 Å². The maximum atomic E-state index is 12.9. The number of nitrogens with one attached hydrogen (secondary N) is 2. The molecule has 35 heavy (non-hydrogen) atoms. The number of carbonyl (C=O) groups is 1. The highest BCUT2D eigenvalue weighted by molar-refractivity contribution is 7.94. The zero-order chi connectivity index (χ0) is 24.4. The van der Waals surface area contributed by atoms with E-state index in [9.17, 15) is 13.2 Å². The van der Waals surface area contributed by atoms with Gasteiger partial charge in [-0.25, -0.2) is 13.8 Å². The normalized spacial score (nSPS) is 11.8. The van der Waals surface area contributed by atoms with Crippen LogP contribution >= 0.6 is 22.9 Å².